The zero-order valence-corrected chi connectivity index (χ0v) is 13.4. The van der Waals surface area contributed by atoms with E-state index >= 15 is 0 Å². The summed E-state index contributed by atoms with van der Waals surface area (Å²) in [5.74, 6) is -1.13. The van der Waals surface area contributed by atoms with E-state index in [9.17, 15) is 18.3 Å². The summed E-state index contributed by atoms with van der Waals surface area (Å²) in [6.07, 6.45) is -0.338. The summed E-state index contributed by atoms with van der Waals surface area (Å²) < 4.78 is 26.9. The molecular formula is C12H16BrNO5S. The molecule has 2 atom stereocenters. The summed E-state index contributed by atoms with van der Waals surface area (Å²) in [4.78, 5) is 10.8. The van der Waals surface area contributed by atoms with Gasteiger partial charge in [-0.15, -0.1) is 0 Å². The van der Waals surface area contributed by atoms with Crippen LogP contribution < -0.4 is 4.72 Å². The summed E-state index contributed by atoms with van der Waals surface area (Å²) in [5, 5.41) is 18.1. The van der Waals surface area contributed by atoms with Crippen molar-refractivity contribution in [3.05, 3.63) is 28.2 Å². The molecule has 0 saturated carbocycles. The van der Waals surface area contributed by atoms with Gasteiger partial charge in [0.15, 0.2) is 0 Å². The number of nitrogens with one attached hydrogen (secondary N) is 1. The van der Waals surface area contributed by atoms with Crippen molar-refractivity contribution >= 4 is 31.9 Å². The largest absolute Gasteiger partial charge is 0.478 e. The highest BCUT2D eigenvalue weighted by molar-refractivity contribution is 9.10. The minimum atomic E-state index is -3.78. The Balaban J connectivity index is 3.01. The number of halogens is 1. The highest BCUT2D eigenvalue weighted by Gasteiger charge is 2.21. The second-order valence-electron chi connectivity index (χ2n) is 4.56. The van der Waals surface area contributed by atoms with Crippen molar-refractivity contribution in [2.75, 3.05) is 0 Å². The third-order valence-electron chi connectivity index (χ3n) is 2.52. The van der Waals surface area contributed by atoms with Gasteiger partial charge in [-0.3, -0.25) is 0 Å². The van der Waals surface area contributed by atoms with Crippen LogP contribution in [0, 0.1) is 0 Å². The van der Waals surface area contributed by atoms with Gasteiger partial charge in [-0.2, -0.15) is 0 Å². The molecule has 0 radical (unpaired) electrons. The molecule has 6 nitrogen and oxygen atoms in total. The predicted octanol–water partition coefficient (Wildman–Crippen LogP) is 1.58. The quantitative estimate of drug-likeness (QED) is 0.709. The zero-order chi connectivity index (χ0) is 15.5. The first-order valence-electron chi connectivity index (χ1n) is 5.86. The monoisotopic (exact) mass is 365 g/mol. The van der Waals surface area contributed by atoms with Gasteiger partial charge in [0.25, 0.3) is 0 Å². The van der Waals surface area contributed by atoms with Gasteiger partial charge < -0.3 is 10.2 Å². The summed E-state index contributed by atoms with van der Waals surface area (Å²) in [5.41, 5.74) is -0.00662. The van der Waals surface area contributed by atoms with Crippen molar-refractivity contribution in [3.63, 3.8) is 0 Å². The van der Waals surface area contributed by atoms with Crippen LogP contribution in [0.5, 0.6) is 0 Å². The van der Waals surface area contributed by atoms with Gasteiger partial charge in [-0.05, 0) is 54.4 Å². The second-order valence-corrected chi connectivity index (χ2v) is 7.09. The van der Waals surface area contributed by atoms with Crippen LogP contribution in [0.4, 0.5) is 0 Å². The highest BCUT2D eigenvalue weighted by Crippen LogP contribution is 2.23. The number of hydrogen-bond acceptors (Lipinski definition) is 4. The number of benzene rings is 1. The lowest BCUT2D eigenvalue weighted by molar-refractivity contribution is 0.0696. The zero-order valence-electron chi connectivity index (χ0n) is 11.0. The molecule has 0 aliphatic carbocycles. The first-order valence-corrected chi connectivity index (χ1v) is 8.14. The van der Waals surface area contributed by atoms with Crippen LogP contribution in [0.2, 0.25) is 0 Å². The Morgan fingerprint density at radius 1 is 1.40 bits per heavy atom. The Hall–Kier alpha value is -0.960. The fraction of sp³-hybridized carbons (Fsp3) is 0.417. The lowest BCUT2D eigenvalue weighted by atomic mass is 10.2. The third-order valence-corrected chi connectivity index (χ3v) is 5.09. The Morgan fingerprint density at radius 2 is 2.00 bits per heavy atom. The van der Waals surface area contributed by atoms with Crippen LogP contribution in [-0.2, 0) is 10.0 Å². The van der Waals surface area contributed by atoms with Gasteiger partial charge in [0.05, 0.1) is 16.6 Å². The van der Waals surface area contributed by atoms with Crippen LogP contribution in [-0.4, -0.2) is 36.7 Å². The van der Waals surface area contributed by atoms with E-state index in [2.05, 4.69) is 20.7 Å². The Kier molecular flexibility index (Phi) is 5.69. The van der Waals surface area contributed by atoms with Crippen molar-refractivity contribution in [1.29, 1.82) is 0 Å². The Labute approximate surface area is 126 Å². The molecule has 3 N–H and O–H groups in total. The SMILES string of the molecule is CC(O)CC(C)NS(=O)(=O)c1ccc(C(=O)O)cc1Br. The van der Waals surface area contributed by atoms with E-state index in [1.165, 1.54) is 18.2 Å². The predicted molar refractivity (Wildman–Crippen MR) is 77.2 cm³/mol. The van der Waals surface area contributed by atoms with Crippen molar-refractivity contribution < 1.29 is 23.4 Å². The third kappa shape index (κ3) is 4.55. The molecule has 0 fully saturated rings. The number of aliphatic hydroxyl groups is 1. The van der Waals surface area contributed by atoms with Gasteiger partial charge in [0.1, 0.15) is 0 Å². The summed E-state index contributed by atoms with van der Waals surface area (Å²) in [7, 11) is -3.78. The molecule has 112 valence electrons. The topological polar surface area (TPSA) is 104 Å². The van der Waals surface area contributed by atoms with Gasteiger partial charge in [-0.1, -0.05) is 0 Å². The Morgan fingerprint density at radius 3 is 2.45 bits per heavy atom. The number of sulfonamides is 1. The van der Waals surface area contributed by atoms with Crippen molar-refractivity contribution in [2.24, 2.45) is 0 Å². The molecule has 8 heteroatoms. The van der Waals surface area contributed by atoms with Crippen molar-refractivity contribution in [3.8, 4) is 0 Å². The number of carbonyl (C=O) groups is 1. The summed E-state index contributed by atoms with van der Waals surface area (Å²) in [6, 6.07) is 3.24. The van der Waals surface area contributed by atoms with Gasteiger partial charge in [-0.25, -0.2) is 17.9 Å². The average Bonchev–Trinajstić information content (AvgIpc) is 2.25. The number of carboxylic acid groups (broad SMARTS) is 1. The van der Waals surface area contributed by atoms with Crippen LogP contribution in [0.1, 0.15) is 30.6 Å². The minimum absolute atomic E-state index is 0.00662. The number of carboxylic acids is 1. The van der Waals surface area contributed by atoms with Crippen LogP contribution in [0.15, 0.2) is 27.6 Å². The molecule has 0 amide bonds. The second kappa shape index (κ2) is 6.66. The molecule has 0 saturated heterocycles. The van der Waals surface area contributed by atoms with Gasteiger partial charge >= 0.3 is 5.97 Å². The number of aromatic carboxylic acids is 1. The van der Waals surface area contributed by atoms with Crippen molar-refractivity contribution in [1.82, 2.24) is 4.72 Å². The molecule has 1 rings (SSSR count). The number of aliphatic hydroxyl groups excluding tert-OH is 1. The first-order chi connectivity index (χ1) is 9.13. The molecule has 0 aliphatic rings. The minimum Gasteiger partial charge on any atom is -0.478 e. The maximum atomic E-state index is 12.2. The molecule has 1 aromatic rings. The van der Waals surface area contributed by atoms with Gasteiger partial charge in [0.2, 0.25) is 10.0 Å². The van der Waals surface area contributed by atoms with E-state index in [1.54, 1.807) is 13.8 Å². The molecule has 0 aliphatic heterocycles. The molecule has 20 heavy (non-hydrogen) atoms. The molecule has 0 spiro atoms. The van der Waals surface area contributed by atoms with Gasteiger partial charge in [0, 0.05) is 10.5 Å². The normalized spacial score (nSPS) is 14.8. The molecule has 0 aromatic heterocycles. The fourth-order valence-corrected chi connectivity index (χ4v) is 4.07. The standard InChI is InChI=1S/C12H16BrNO5S/c1-7(5-8(2)15)14-20(18,19)11-4-3-9(12(16)17)6-10(11)13/h3-4,6-8,14-15H,5H2,1-2H3,(H,16,17). The van der Waals surface area contributed by atoms with Crippen LogP contribution >= 0.6 is 15.9 Å². The average molecular weight is 366 g/mol. The lowest BCUT2D eigenvalue weighted by Gasteiger charge is -2.16. The molecule has 0 bridgehead atoms. The summed E-state index contributed by atoms with van der Waals surface area (Å²) >= 11 is 3.06. The maximum Gasteiger partial charge on any atom is 0.335 e. The summed E-state index contributed by atoms with van der Waals surface area (Å²) in [6.45, 7) is 3.21. The Bertz CT molecular complexity index is 600. The van der Waals surface area contributed by atoms with Crippen LogP contribution in [0.25, 0.3) is 0 Å². The maximum absolute atomic E-state index is 12.2. The molecule has 2 unspecified atom stereocenters. The van der Waals surface area contributed by atoms with E-state index in [4.69, 9.17) is 5.11 Å². The van der Waals surface area contributed by atoms with E-state index in [1.807, 2.05) is 0 Å². The number of rotatable bonds is 6. The highest BCUT2D eigenvalue weighted by atomic mass is 79.9. The van der Waals surface area contributed by atoms with E-state index in [-0.39, 0.29) is 21.4 Å². The van der Waals surface area contributed by atoms with E-state index in [0.29, 0.717) is 0 Å². The molecule has 1 aromatic carbocycles. The van der Waals surface area contributed by atoms with Crippen molar-refractivity contribution in [2.45, 2.75) is 37.3 Å². The van der Waals surface area contributed by atoms with Crippen LogP contribution in [0.3, 0.4) is 0 Å². The first kappa shape index (κ1) is 17.1. The molecule has 0 heterocycles. The lowest BCUT2D eigenvalue weighted by Crippen LogP contribution is -2.34. The van der Waals surface area contributed by atoms with E-state index in [0.717, 1.165) is 0 Å². The van der Waals surface area contributed by atoms with E-state index < -0.39 is 28.1 Å². The fourth-order valence-electron chi connectivity index (χ4n) is 1.74. The number of hydrogen-bond donors (Lipinski definition) is 3. The molecular weight excluding hydrogens is 350 g/mol. The smallest absolute Gasteiger partial charge is 0.335 e.